The van der Waals surface area contributed by atoms with E-state index in [2.05, 4.69) is 15.9 Å². The van der Waals surface area contributed by atoms with Gasteiger partial charge < -0.3 is 10.2 Å². The number of aromatic hydroxyl groups is 2. The number of hydrogen-bond donors (Lipinski definition) is 2. The van der Waals surface area contributed by atoms with Gasteiger partial charge in [0.1, 0.15) is 16.4 Å². The number of benzene rings is 2. The van der Waals surface area contributed by atoms with Gasteiger partial charge >= 0.3 is 0 Å². The Hall–Kier alpha value is -1.53. The molecule has 2 aromatic rings. The van der Waals surface area contributed by atoms with E-state index < -0.39 is 9.84 Å². The van der Waals surface area contributed by atoms with Gasteiger partial charge in [-0.1, -0.05) is 28.1 Å². The first-order valence-electron chi connectivity index (χ1n) is 6.29. The molecular weight excluding hydrogens is 356 g/mol. The van der Waals surface area contributed by atoms with Gasteiger partial charge in [-0.25, -0.2) is 8.42 Å². The third-order valence-electron chi connectivity index (χ3n) is 3.16. The summed E-state index contributed by atoms with van der Waals surface area (Å²) in [5.74, 6) is -0.530. The van der Waals surface area contributed by atoms with Gasteiger partial charge in [-0.3, -0.25) is 0 Å². The average Bonchev–Trinajstić information content (AvgIpc) is 2.43. The number of sulfone groups is 1. The Morgan fingerprint density at radius 2 is 1.71 bits per heavy atom. The number of alkyl halides is 1. The minimum atomic E-state index is -3.87. The Morgan fingerprint density at radius 1 is 1.10 bits per heavy atom. The number of rotatable bonds is 4. The Labute approximate surface area is 132 Å². The molecule has 2 N–H and O–H groups in total. The molecule has 2 rings (SSSR count). The van der Waals surface area contributed by atoms with Crippen molar-refractivity contribution in [2.75, 3.05) is 5.33 Å². The van der Waals surface area contributed by atoms with Crippen molar-refractivity contribution in [1.82, 2.24) is 0 Å². The maximum absolute atomic E-state index is 12.5. The number of aryl methyl sites for hydroxylation is 2. The first-order valence-corrected chi connectivity index (χ1v) is 8.89. The molecule has 2 aromatic carbocycles. The van der Waals surface area contributed by atoms with Crippen LogP contribution in [-0.4, -0.2) is 24.0 Å². The molecule has 21 heavy (non-hydrogen) atoms. The molecule has 0 radical (unpaired) electrons. The number of halogens is 1. The van der Waals surface area contributed by atoms with Crippen LogP contribution in [0.15, 0.2) is 46.2 Å². The van der Waals surface area contributed by atoms with Gasteiger partial charge in [0.05, 0.1) is 4.90 Å². The zero-order valence-corrected chi connectivity index (χ0v) is 13.8. The monoisotopic (exact) mass is 370 g/mol. The second kappa shape index (κ2) is 6.07. The Balaban J connectivity index is 2.52. The van der Waals surface area contributed by atoms with Gasteiger partial charge in [0, 0.05) is 11.4 Å². The number of phenols is 2. The first kappa shape index (κ1) is 15.9. The van der Waals surface area contributed by atoms with Gasteiger partial charge in [-0.05, 0) is 42.7 Å². The largest absolute Gasteiger partial charge is 0.508 e. The zero-order chi connectivity index (χ0) is 15.6. The fraction of sp³-hybridized carbons (Fsp3) is 0.200. The summed E-state index contributed by atoms with van der Waals surface area (Å²) in [4.78, 5) is -0.200. The molecule has 0 fully saturated rings. The fourth-order valence-corrected chi connectivity index (χ4v) is 3.90. The fourth-order valence-electron chi connectivity index (χ4n) is 2.01. The highest BCUT2D eigenvalue weighted by molar-refractivity contribution is 9.09. The molecule has 0 aliphatic carbocycles. The predicted octanol–water partition coefficient (Wildman–Crippen LogP) is 3.18. The van der Waals surface area contributed by atoms with E-state index in [1.54, 1.807) is 12.1 Å². The summed E-state index contributed by atoms with van der Waals surface area (Å²) < 4.78 is 25.1. The second-order valence-electron chi connectivity index (χ2n) is 4.70. The van der Waals surface area contributed by atoms with Gasteiger partial charge in [-0.2, -0.15) is 0 Å². The third-order valence-corrected chi connectivity index (χ3v) is 5.34. The average molecular weight is 371 g/mol. The van der Waals surface area contributed by atoms with E-state index in [1.807, 2.05) is 0 Å². The highest BCUT2D eigenvalue weighted by atomic mass is 79.9. The molecule has 112 valence electrons. The van der Waals surface area contributed by atoms with Crippen LogP contribution in [0.4, 0.5) is 0 Å². The molecule has 0 aliphatic heterocycles. The van der Waals surface area contributed by atoms with E-state index in [9.17, 15) is 18.6 Å². The Morgan fingerprint density at radius 3 is 2.29 bits per heavy atom. The van der Waals surface area contributed by atoms with Crippen LogP contribution >= 0.6 is 15.9 Å². The van der Waals surface area contributed by atoms with Gasteiger partial charge in [0.15, 0.2) is 0 Å². The SMILES string of the molecule is Cc1cc(O)cc(S(=O)(=O)c2ccc(CCBr)cc2)c1O. The van der Waals surface area contributed by atoms with Crippen molar-refractivity contribution in [2.24, 2.45) is 0 Å². The molecule has 0 unspecified atom stereocenters. The van der Waals surface area contributed by atoms with Crippen LogP contribution in [-0.2, 0) is 16.3 Å². The van der Waals surface area contributed by atoms with E-state index in [4.69, 9.17) is 0 Å². The van der Waals surface area contributed by atoms with Crippen molar-refractivity contribution in [1.29, 1.82) is 0 Å². The highest BCUT2D eigenvalue weighted by Crippen LogP contribution is 2.34. The minimum Gasteiger partial charge on any atom is -0.508 e. The maximum Gasteiger partial charge on any atom is 0.210 e. The summed E-state index contributed by atoms with van der Waals surface area (Å²) in [6.45, 7) is 1.53. The molecule has 0 spiro atoms. The summed E-state index contributed by atoms with van der Waals surface area (Å²) in [5.41, 5.74) is 1.33. The Kier molecular flexibility index (Phi) is 4.58. The van der Waals surface area contributed by atoms with E-state index in [0.29, 0.717) is 5.56 Å². The summed E-state index contributed by atoms with van der Waals surface area (Å²) >= 11 is 3.33. The molecule has 0 aromatic heterocycles. The summed E-state index contributed by atoms with van der Waals surface area (Å²) in [7, 11) is -3.87. The van der Waals surface area contributed by atoms with E-state index in [0.717, 1.165) is 23.4 Å². The number of hydrogen-bond acceptors (Lipinski definition) is 4. The van der Waals surface area contributed by atoms with Crippen LogP contribution in [0.25, 0.3) is 0 Å². The van der Waals surface area contributed by atoms with E-state index >= 15 is 0 Å². The standard InChI is InChI=1S/C15H15BrO4S/c1-10-8-12(17)9-14(15(10)18)21(19,20)13-4-2-11(3-5-13)6-7-16/h2-5,8-9,17-18H,6-7H2,1H3. The lowest BCUT2D eigenvalue weighted by molar-refractivity contribution is 0.441. The smallest absolute Gasteiger partial charge is 0.210 e. The summed E-state index contributed by atoms with van der Waals surface area (Å²) in [6.07, 6.45) is 0.802. The summed E-state index contributed by atoms with van der Waals surface area (Å²) in [6, 6.07) is 8.86. The predicted molar refractivity (Wildman–Crippen MR) is 83.9 cm³/mol. The van der Waals surface area contributed by atoms with Crippen molar-refractivity contribution < 1.29 is 18.6 Å². The van der Waals surface area contributed by atoms with Crippen LogP contribution in [0.1, 0.15) is 11.1 Å². The molecule has 0 saturated carbocycles. The lowest BCUT2D eigenvalue weighted by Crippen LogP contribution is -2.03. The lowest BCUT2D eigenvalue weighted by Gasteiger charge is -2.10. The Bertz CT molecular complexity index is 752. The molecule has 0 aliphatic rings. The molecule has 0 bridgehead atoms. The van der Waals surface area contributed by atoms with E-state index in [-0.39, 0.29) is 21.3 Å². The quantitative estimate of drug-likeness (QED) is 0.640. The molecule has 4 nitrogen and oxygen atoms in total. The molecule has 0 atom stereocenters. The first-order chi connectivity index (χ1) is 9.86. The van der Waals surface area contributed by atoms with E-state index in [1.165, 1.54) is 25.1 Å². The maximum atomic E-state index is 12.5. The van der Waals surface area contributed by atoms with Crippen molar-refractivity contribution in [2.45, 2.75) is 23.1 Å². The van der Waals surface area contributed by atoms with Crippen molar-refractivity contribution in [3.63, 3.8) is 0 Å². The number of phenolic OH excluding ortho intramolecular Hbond substituents is 2. The molecule has 0 saturated heterocycles. The molecule has 6 heteroatoms. The van der Waals surface area contributed by atoms with Gasteiger partial charge in [0.25, 0.3) is 0 Å². The van der Waals surface area contributed by atoms with Gasteiger partial charge in [0.2, 0.25) is 9.84 Å². The highest BCUT2D eigenvalue weighted by Gasteiger charge is 2.23. The van der Waals surface area contributed by atoms with Crippen LogP contribution in [0.2, 0.25) is 0 Å². The minimum absolute atomic E-state index is 0.0844. The normalized spacial score (nSPS) is 11.5. The van der Waals surface area contributed by atoms with Crippen molar-refractivity contribution in [3.05, 3.63) is 47.5 Å². The molecule has 0 heterocycles. The third kappa shape index (κ3) is 3.22. The molecular formula is C15H15BrO4S. The van der Waals surface area contributed by atoms with Crippen molar-refractivity contribution >= 4 is 25.8 Å². The molecule has 0 amide bonds. The van der Waals surface area contributed by atoms with Crippen LogP contribution in [0, 0.1) is 6.92 Å². The lowest BCUT2D eigenvalue weighted by atomic mass is 10.2. The van der Waals surface area contributed by atoms with Crippen LogP contribution in [0.5, 0.6) is 11.5 Å². The van der Waals surface area contributed by atoms with Crippen molar-refractivity contribution in [3.8, 4) is 11.5 Å². The summed E-state index contributed by atoms with van der Waals surface area (Å²) in [5, 5.41) is 20.3. The van der Waals surface area contributed by atoms with Gasteiger partial charge in [-0.15, -0.1) is 0 Å². The zero-order valence-electron chi connectivity index (χ0n) is 11.4. The topological polar surface area (TPSA) is 74.6 Å². The second-order valence-corrected chi connectivity index (χ2v) is 7.41. The van der Waals surface area contributed by atoms with Crippen LogP contribution < -0.4 is 0 Å². The van der Waals surface area contributed by atoms with Crippen LogP contribution in [0.3, 0.4) is 0 Å².